The molecule has 2 aromatic rings. The highest BCUT2D eigenvalue weighted by Crippen LogP contribution is 2.37. The number of rotatable bonds is 4. The van der Waals surface area contributed by atoms with Crippen molar-refractivity contribution in [3.63, 3.8) is 0 Å². The van der Waals surface area contributed by atoms with E-state index in [0.717, 1.165) is 57.5 Å². The zero-order valence-electron chi connectivity index (χ0n) is 14.6. The lowest BCUT2D eigenvalue weighted by molar-refractivity contribution is 0.229. The van der Waals surface area contributed by atoms with Crippen LogP contribution in [0.25, 0.3) is 11.5 Å². The second-order valence-corrected chi connectivity index (χ2v) is 6.90. The van der Waals surface area contributed by atoms with Crippen LogP contribution >= 0.6 is 12.4 Å². The summed E-state index contributed by atoms with van der Waals surface area (Å²) in [6, 6.07) is 8.40. The molecule has 6 nitrogen and oxygen atoms in total. The van der Waals surface area contributed by atoms with E-state index < -0.39 is 0 Å². The van der Waals surface area contributed by atoms with Gasteiger partial charge in [-0.3, -0.25) is 0 Å². The molecule has 4 rings (SSSR count). The van der Waals surface area contributed by atoms with E-state index in [2.05, 4.69) is 51.1 Å². The van der Waals surface area contributed by atoms with Crippen LogP contribution in [0.5, 0.6) is 0 Å². The summed E-state index contributed by atoms with van der Waals surface area (Å²) in [5.74, 6) is 1.20. The molecule has 2 fully saturated rings. The Bertz CT molecular complexity index is 690. The van der Waals surface area contributed by atoms with E-state index in [-0.39, 0.29) is 17.9 Å². The van der Waals surface area contributed by atoms with Crippen LogP contribution in [0.3, 0.4) is 0 Å². The van der Waals surface area contributed by atoms with Gasteiger partial charge in [0.15, 0.2) is 5.82 Å². The second kappa shape index (κ2) is 7.32. The fourth-order valence-electron chi connectivity index (χ4n) is 3.46. The molecular weight excluding hydrogens is 338 g/mol. The quantitative estimate of drug-likeness (QED) is 0.900. The average Bonchev–Trinajstić information content (AvgIpc) is 3.10. The summed E-state index contributed by atoms with van der Waals surface area (Å²) < 4.78 is 5.43. The molecule has 136 valence electrons. The molecule has 0 atom stereocenters. The van der Waals surface area contributed by atoms with Gasteiger partial charge in [-0.25, -0.2) is 0 Å². The van der Waals surface area contributed by atoms with Crippen LogP contribution in [0.4, 0.5) is 5.69 Å². The van der Waals surface area contributed by atoms with E-state index in [4.69, 9.17) is 10.3 Å². The number of anilines is 1. The smallest absolute Gasteiger partial charge is 0.257 e. The monoisotopic (exact) mass is 363 g/mol. The van der Waals surface area contributed by atoms with Crippen molar-refractivity contribution in [3.8, 4) is 11.5 Å². The molecule has 1 saturated heterocycles. The average molecular weight is 364 g/mol. The van der Waals surface area contributed by atoms with Gasteiger partial charge in [-0.15, -0.1) is 12.4 Å². The minimum absolute atomic E-state index is 0. The maximum absolute atomic E-state index is 6.26. The Morgan fingerprint density at radius 3 is 2.36 bits per heavy atom. The SMILES string of the molecule is CCN1CCN(c2ccc(-c3nc(C4(N)CCC4)no3)cc2)CC1.Cl. The molecule has 0 bridgehead atoms. The van der Waals surface area contributed by atoms with Crippen LogP contribution in [-0.4, -0.2) is 47.8 Å². The van der Waals surface area contributed by atoms with E-state index >= 15 is 0 Å². The second-order valence-electron chi connectivity index (χ2n) is 6.90. The number of nitrogens with zero attached hydrogens (tertiary/aromatic N) is 4. The minimum atomic E-state index is -0.374. The van der Waals surface area contributed by atoms with Crippen molar-refractivity contribution in [2.45, 2.75) is 31.7 Å². The Morgan fingerprint density at radius 1 is 1.12 bits per heavy atom. The van der Waals surface area contributed by atoms with Crippen LogP contribution in [0, 0.1) is 0 Å². The first-order valence-corrected chi connectivity index (χ1v) is 8.89. The van der Waals surface area contributed by atoms with Gasteiger partial charge in [0.2, 0.25) is 0 Å². The summed E-state index contributed by atoms with van der Waals surface area (Å²) >= 11 is 0. The number of halogens is 1. The van der Waals surface area contributed by atoms with Crippen molar-refractivity contribution < 1.29 is 4.52 Å². The molecule has 2 aliphatic rings. The highest BCUT2D eigenvalue weighted by Gasteiger charge is 2.39. The Morgan fingerprint density at radius 2 is 1.80 bits per heavy atom. The summed E-state index contributed by atoms with van der Waals surface area (Å²) in [6.45, 7) is 7.77. The van der Waals surface area contributed by atoms with Gasteiger partial charge in [0, 0.05) is 37.4 Å². The molecule has 0 amide bonds. The number of likely N-dealkylation sites (N-methyl/N-ethyl adjacent to an activating group) is 1. The van der Waals surface area contributed by atoms with E-state index in [0.29, 0.717) is 11.7 Å². The number of hydrogen-bond donors (Lipinski definition) is 1. The predicted octanol–water partition coefficient (Wildman–Crippen LogP) is 2.64. The number of benzene rings is 1. The van der Waals surface area contributed by atoms with E-state index in [1.807, 2.05) is 0 Å². The van der Waals surface area contributed by atoms with Gasteiger partial charge in [-0.05, 0) is 50.1 Å². The van der Waals surface area contributed by atoms with Crippen molar-refractivity contribution in [3.05, 3.63) is 30.1 Å². The van der Waals surface area contributed by atoms with Crippen LogP contribution in [0.15, 0.2) is 28.8 Å². The molecule has 0 radical (unpaired) electrons. The maximum Gasteiger partial charge on any atom is 0.257 e. The summed E-state index contributed by atoms with van der Waals surface area (Å²) in [5.41, 5.74) is 8.09. The van der Waals surface area contributed by atoms with Gasteiger partial charge in [0.25, 0.3) is 5.89 Å². The lowest BCUT2D eigenvalue weighted by Crippen LogP contribution is -2.46. The predicted molar refractivity (Wildman–Crippen MR) is 101 cm³/mol. The maximum atomic E-state index is 6.26. The van der Waals surface area contributed by atoms with Crippen molar-refractivity contribution in [1.29, 1.82) is 0 Å². The van der Waals surface area contributed by atoms with Gasteiger partial charge in [0.1, 0.15) is 0 Å². The molecule has 1 aliphatic carbocycles. The molecule has 1 saturated carbocycles. The van der Waals surface area contributed by atoms with Crippen LogP contribution < -0.4 is 10.6 Å². The van der Waals surface area contributed by atoms with E-state index in [9.17, 15) is 0 Å². The van der Waals surface area contributed by atoms with Crippen LogP contribution in [-0.2, 0) is 5.54 Å². The number of piperazine rings is 1. The standard InChI is InChI=1S/C18H25N5O.ClH/c1-2-22-10-12-23(13-11-22)15-6-4-14(5-7-15)16-20-17(21-24-16)18(19)8-3-9-18;/h4-7H,2-3,8-13,19H2,1H3;1H. The van der Waals surface area contributed by atoms with Crippen LogP contribution in [0.2, 0.25) is 0 Å². The third-order valence-corrected chi connectivity index (χ3v) is 5.42. The van der Waals surface area contributed by atoms with Gasteiger partial charge >= 0.3 is 0 Å². The summed E-state index contributed by atoms with van der Waals surface area (Å²) in [7, 11) is 0. The fraction of sp³-hybridized carbons (Fsp3) is 0.556. The van der Waals surface area contributed by atoms with Crippen molar-refractivity contribution in [1.82, 2.24) is 15.0 Å². The highest BCUT2D eigenvalue weighted by molar-refractivity contribution is 5.85. The zero-order chi connectivity index (χ0) is 16.6. The topological polar surface area (TPSA) is 71.4 Å². The summed E-state index contributed by atoms with van der Waals surface area (Å²) in [6.07, 6.45) is 3.02. The lowest BCUT2D eigenvalue weighted by Gasteiger charge is -2.35. The lowest BCUT2D eigenvalue weighted by atomic mass is 9.77. The largest absolute Gasteiger partial charge is 0.369 e. The molecule has 25 heavy (non-hydrogen) atoms. The molecule has 2 N–H and O–H groups in total. The highest BCUT2D eigenvalue weighted by atomic mass is 35.5. The Balaban J connectivity index is 0.00000182. The van der Waals surface area contributed by atoms with Gasteiger partial charge in [-0.2, -0.15) is 4.98 Å². The molecule has 2 heterocycles. The number of aromatic nitrogens is 2. The Labute approximate surface area is 154 Å². The first kappa shape index (κ1) is 18.2. The number of nitrogens with two attached hydrogens (primary N) is 1. The fourth-order valence-corrected chi connectivity index (χ4v) is 3.46. The number of hydrogen-bond acceptors (Lipinski definition) is 6. The van der Waals surface area contributed by atoms with E-state index in [1.165, 1.54) is 5.69 Å². The first-order chi connectivity index (χ1) is 11.7. The minimum Gasteiger partial charge on any atom is -0.369 e. The first-order valence-electron chi connectivity index (χ1n) is 8.89. The molecule has 1 aromatic carbocycles. The van der Waals surface area contributed by atoms with Gasteiger partial charge in [0.05, 0.1) is 5.54 Å². The Kier molecular flexibility index (Phi) is 5.32. The van der Waals surface area contributed by atoms with Crippen molar-refractivity contribution in [2.24, 2.45) is 5.73 Å². The molecule has 0 spiro atoms. The summed E-state index contributed by atoms with van der Waals surface area (Å²) in [4.78, 5) is 9.42. The Hall–Kier alpha value is -1.63. The normalized spacial score (nSPS) is 20.0. The van der Waals surface area contributed by atoms with Crippen LogP contribution in [0.1, 0.15) is 32.0 Å². The molecule has 1 aromatic heterocycles. The zero-order valence-corrected chi connectivity index (χ0v) is 15.5. The van der Waals surface area contributed by atoms with E-state index in [1.54, 1.807) is 0 Å². The third kappa shape index (κ3) is 3.52. The van der Waals surface area contributed by atoms with Gasteiger partial charge < -0.3 is 20.1 Å². The molecule has 1 aliphatic heterocycles. The van der Waals surface area contributed by atoms with Crippen molar-refractivity contribution >= 4 is 18.1 Å². The molecule has 0 unspecified atom stereocenters. The van der Waals surface area contributed by atoms with Crippen molar-refractivity contribution in [2.75, 3.05) is 37.6 Å². The molecular formula is C18H26ClN5O. The molecule has 7 heteroatoms. The summed E-state index contributed by atoms with van der Waals surface area (Å²) in [5, 5.41) is 4.09. The van der Waals surface area contributed by atoms with Gasteiger partial charge in [-0.1, -0.05) is 12.1 Å². The third-order valence-electron chi connectivity index (χ3n) is 5.42.